The van der Waals surface area contributed by atoms with Gasteiger partial charge in [0.25, 0.3) is 0 Å². The van der Waals surface area contributed by atoms with E-state index in [9.17, 15) is 4.39 Å². The monoisotopic (exact) mass is 286 g/mol. The molecule has 0 bridgehead atoms. The fourth-order valence-electron chi connectivity index (χ4n) is 1.96. The van der Waals surface area contributed by atoms with Crippen molar-refractivity contribution in [3.63, 3.8) is 0 Å². The quantitative estimate of drug-likeness (QED) is 0.898. The average molecular weight is 287 g/mol. The molecule has 88 valence electrons. The van der Waals surface area contributed by atoms with E-state index in [1.54, 1.807) is 0 Å². The number of hydrogen-bond donors (Lipinski definition) is 1. The lowest BCUT2D eigenvalue weighted by atomic mass is 10.2. The summed E-state index contributed by atoms with van der Waals surface area (Å²) < 4.78 is 13.6. The topological polar surface area (TPSA) is 15.3 Å². The largest absolute Gasteiger partial charge is 0.315 e. The van der Waals surface area contributed by atoms with Gasteiger partial charge in [-0.3, -0.25) is 4.90 Å². The van der Waals surface area contributed by atoms with Crippen LogP contribution in [0.5, 0.6) is 0 Å². The smallest absolute Gasteiger partial charge is 0.137 e. The van der Waals surface area contributed by atoms with E-state index in [2.05, 4.69) is 26.1 Å². The molecule has 1 N–H and O–H groups in total. The van der Waals surface area contributed by atoms with E-state index in [1.165, 1.54) is 12.5 Å². The molecule has 2 rings (SSSR count). The molecule has 0 spiro atoms. The Hall–Kier alpha value is -0.450. The summed E-state index contributed by atoms with van der Waals surface area (Å²) in [4.78, 5) is 2.40. The second-order valence-electron chi connectivity index (χ2n) is 4.13. The Bertz CT molecular complexity index is 349. The van der Waals surface area contributed by atoms with Crippen LogP contribution in [0.1, 0.15) is 12.0 Å². The van der Waals surface area contributed by atoms with Crippen molar-refractivity contribution in [2.24, 2.45) is 0 Å². The van der Waals surface area contributed by atoms with Gasteiger partial charge in [0.15, 0.2) is 0 Å². The molecular weight excluding hydrogens is 271 g/mol. The summed E-state index contributed by atoms with van der Waals surface area (Å²) in [6.45, 7) is 5.23. The van der Waals surface area contributed by atoms with E-state index in [0.717, 1.165) is 38.3 Å². The van der Waals surface area contributed by atoms with Gasteiger partial charge in [-0.1, -0.05) is 6.07 Å². The van der Waals surface area contributed by atoms with Crippen molar-refractivity contribution in [2.45, 2.75) is 13.0 Å². The maximum atomic E-state index is 13.1. The molecule has 1 saturated heterocycles. The highest BCUT2D eigenvalue weighted by atomic mass is 79.9. The van der Waals surface area contributed by atoms with Gasteiger partial charge in [-0.05, 0) is 53.1 Å². The first kappa shape index (κ1) is 12.0. The van der Waals surface area contributed by atoms with Crippen LogP contribution in [0.25, 0.3) is 0 Å². The second-order valence-corrected chi connectivity index (χ2v) is 4.98. The summed E-state index contributed by atoms with van der Waals surface area (Å²) in [5, 5.41) is 3.37. The maximum absolute atomic E-state index is 13.1. The Balaban J connectivity index is 1.99. The summed E-state index contributed by atoms with van der Waals surface area (Å²) >= 11 is 3.22. The molecule has 0 saturated carbocycles. The van der Waals surface area contributed by atoms with E-state index in [-0.39, 0.29) is 5.82 Å². The third-order valence-corrected chi connectivity index (χ3v) is 3.43. The first-order valence-electron chi connectivity index (χ1n) is 5.63. The van der Waals surface area contributed by atoms with E-state index in [0.29, 0.717) is 4.47 Å². The molecule has 1 fully saturated rings. The number of benzene rings is 1. The average Bonchev–Trinajstić information content (AvgIpc) is 2.52. The number of rotatable bonds is 2. The van der Waals surface area contributed by atoms with E-state index >= 15 is 0 Å². The zero-order valence-electron chi connectivity index (χ0n) is 9.18. The van der Waals surface area contributed by atoms with Crippen molar-refractivity contribution in [3.8, 4) is 0 Å². The van der Waals surface area contributed by atoms with Crippen molar-refractivity contribution in [2.75, 3.05) is 26.2 Å². The fourth-order valence-corrected chi connectivity index (χ4v) is 2.38. The van der Waals surface area contributed by atoms with Gasteiger partial charge in [0.2, 0.25) is 0 Å². The van der Waals surface area contributed by atoms with Crippen LogP contribution in [0.4, 0.5) is 4.39 Å². The van der Waals surface area contributed by atoms with Gasteiger partial charge >= 0.3 is 0 Å². The van der Waals surface area contributed by atoms with Crippen molar-refractivity contribution in [1.82, 2.24) is 10.2 Å². The lowest BCUT2D eigenvalue weighted by Gasteiger charge is -2.19. The van der Waals surface area contributed by atoms with Crippen molar-refractivity contribution in [3.05, 3.63) is 34.1 Å². The lowest BCUT2D eigenvalue weighted by Crippen LogP contribution is -2.27. The third-order valence-electron chi connectivity index (χ3n) is 2.82. The van der Waals surface area contributed by atoms with Crippen LogP contribution >= 0.6 is 15.9 Å². The summed E-state index contributed by atoms with van der Waals surface area (Å²) in [7, 11) is 0. The molecule has 16 heavy (non-hydrogen) atoms. The Morgan fingerprint density at radius 3 is 3.00 bits per heavy atom. The molecule has 0 aliphatic carbocycles. The highest BCUT2D eigenvalue weighted by Crippen LogP contribution is 2.18. The minimum absolute atomic E-state index is 0.193. The van der Waals surface area contributed by atoms with Gasteiger partial charge in [-0.2, -0.15) is 0 Å². The van der Waals surface area contributed by atoms with Gasteiger partial charge in [0.05, 0.1) is 4.47 Å². The van der Waals surface area contributed by atoms with Crippen molar-refractivity contribution in [1.29, 1.82) is 0 Å². The molecule has 0 amide bonds. The first-order valence-corrected chi connectivity index (χ1v) is 6.42. The van der Waals surface area contributed by atoms with Crippen LogP contribution in [0, 0.1) is 5.82 Å². The Labute approximate surface area is 104 Å². The zero-order chi connectivity index (χ0) is 11.4. The molecule has 4 heteroatoms. The van der Waals surface area contributed by atoms with Gasteiger partial charge in [-0.25, -0.2) is 4.39 Å². The van der Waals surface area contributed by atoms with Gasteiger partial charge in [0.1, 0.15) is 5.82 Å². The van der Waals surface area contributed by atoms with E-state index < -0.39 is 0 Å². The minimum atomic E-state index is -0.193. The van der Waals surface area contributed by atoms with Gasteiger partial charge in [-0.15, -0.1) is 0 Å². The summed E-state index contributed by atoms with van der Waals surface area (Å²) in [6.07, 6.45) is 1.18. The Morgan fingerprint density at radius 1 is 1.31 bits per heavy atom. The molecule has 1 aliphatic heterocycles. The SMILES string of the molecule is Fc1ccc(CN2CCCNCC2)cc1Br. The predicted molar refractivity (Wildman–Crippen MR) is 66.9 cm³/mol. The number of hydrogen-bond acceptors (Lipinski definition) is 2. The second kappa shape index (κ2) is 5.75. The van der Waals surface area contributed by atoms with Crippen LogP contribution in [0.2, 0.25) is 0 Å². The normalized spacial score (nSPS) is 18.4. The van der Waals surface area contributed by atoms with E-state index in [4.69, 9.17) is 0 Å². The fraction of sp³-hybridized carbons (Fsp3) is 0.500. The molecule has 0 unspecified atom stereocenters. The van der Waals surface area contributed by atoms with Gasteiger partial charge in [0, 0.05) is 19.6 Å². The summed E-state index contributed by atoms with van der Waals surface area (Å²) in [6, 6.07) is 5.25. The Kier molecular flexibility index (Phi) is 4.32. The number of nitrogens with one attached hydrogen (secondary N) is 1. The van der Waals surface area contributed by atoms with Crippen molar-refractivity contribution >= 4 is 15.9 Å². The molecule has 1 heterocycles. The molecule has 1 aromatic carbocycles. The summed E-state index contributed by atoms with van der Waals surface area (Å²) in [5.74, 6) is -0.193. The van der Waals surface area contributed by atoms with Crippen LogP contribution in [0.3, 0.4) is 0 Å². The molecule has 0 aromatic heterocycles. The standard InChI is InChI=1S/C12H16BrFN2/c13-11-8-10(2-3-12(11)14)9-16-6-1-4-15-5-7-16/h2-3,8,15H,1,4-7,9H2. The maximum Gasteiger partial charge on any atom is 0.137 e. The van der Waals surface area contributed by atoms with E-state index in [1.807, 2.05) is 12.1 Å². The van der Waals surface area contributed by atoms with Crippen LogP contribution in [0.15, 0.2) is 22.7 Å². The van der Waals surface area contributed by atoms with Crippen molar-refractivity contribution < 1.29 is 4.39 Å². The molecule has 0 atom stereocenters. The first-order chi connectivity index (χ1) is 7.75. The van der Waals surface area contributed by atoms with Crippen LogP contribution in [-0.4, -0.2) is 31.1 Å². The molecule has 0 radical (unpaired) electrons. The third kappa shape index (κ3) is 3.27. The lowest BCUT2D eigenvalue weighted by molar-refractivity contribution is 0.284. The van der Waals surface area contributed by atoms with Crippen LogP contribution < -0.4 is 5.32 Å². The van der Waals surface area contributed by atoms with Gasteiger partial charge < -0.3 is 5.32 Å². The minimum Gasteiger partial charge on any atom is -0.315 e. The molecule has 1 aliphatic rings. The predicted octanol–water partition coefficient (Wildman–Crippen LogP) is 2.38. The Morgan fingerprint density at radius 2 is 2.19 bits per heavy atom. The van der Waals surface area contributed by atoms with Crippen LogP contribution in [-0.2, 0) is 6.54 Å². The molecule has 2 nitrogen and oxygen atoms in total. The number of nitrogens with zero attached hydrogens (tertiary/aromatic N) is 1. The zero-order valence-corrected chi connectivity index (χ0v) is 10.8. The highest BCUT2D eigenvalue weighted by molar-refractivity contribution is 9.10. The highest BCUT2D eigenvalue weighted by Gasteiger charge is 2.09. The number of halogens is 2. The molecular formula is C12H16BrFN2. The summed E-state index contributed by atoms with van der Waals surface area (Å²) in [5.41, 5.74) is 1.16. The molecule has 1 aromatic rings.